The van der Waals surface area contributed by atoms with Crippen LogP contribution in [0.4, 0.5) is 18.9 Å². The molecule has 0 saturated carbocycles. The fourth-order valence-corrected chi connectivity index (χ4v) is 4.93. The number of nitrogens with one attached hydrogen (secondary N) is 2. The molecular weight excluding hydrogens is 486 g/mol. The van der Waals surface area contributed by atoms with Gasteiger partial charge in [-0.2, -0.15) is 13.2 Å². The van der Waals surface area contributed by atoms with Crippen LogP contribution in [-0.4, -0.2) is 57.8 Å². The van der Waals surface area contributed by atoms with E-state index in [1.54, 1.807) is 24.9 Å². The SMILES string of the molecule is [B]C1COCCC1NC1=c2cc(C#CCNc3ccc(SC)cc3OC)n(CC(F)(F)F)c2=CCC1. The summed E-state index contributed by atoms with van der Waals surface area (Å²) in [6, 6.07) is 7.58. The van der Waals surface area contributed by atoms with E-state index in [4.69, 9.17) is 17.3 Å². The van der Waals surface area contributed by atoms with Crippen LogP contribution in [0, 0.1) is 11.8 Å². The van der Waals surface area contributed by atoms with Crippen LogP contribution in [0.2, 0.25) is 5.82 Å². The number of alkyl halides is 3. The summed E-state index contributed by atoms with van der Waals surface area (Å²) in [5.74, 6) is 6.46. The Morgan fingerprint density at radius 3 is 2.86 bits per heavy atom. The van der Waals surface area contributed by atoms with Crippen molar-refractivity contribution in [3.8, 4) is 17.6 Å². The molecule has 2 aliphatic rings. The molecule has 1 aliphatic carbocycles. The number of nitrogens with zero attached hydrogens (tertiary/aromatic N) is 1. The summed E-state index contributed by atoms with van der Waals surface area (Å²) in [4.78, 5) is 1.07. The van der Waals surface area contributed by atoms with Gasteiger partial charge in [-0.3, -0.25) is 0 Å². The van der Waals surface area contributed by atoms with Crippen LogP contribution in [-0.2, 0) is 11.3 Å². The summed E-state index contributed by atoms with van der Waals surface area (Å²) in [6.45, 7) is 0.241. The average Bonchev–Trinajstić information content (AvgIpc) is 3.20. The zero-order valence-electron chi connectivity index (χ0n) is 20.4. The number of ether oxygens (including phenoxy) is 2. The maximum atomic E-state index is 13.5. The Morgan fingerprint density at radius 1 is 1.31 bits per heavy atom. The number of fused-ring (bicyclic) bond motifs is 1. The second kappa shape index (κ2) is 11.6. The number of benzene rings is 1. The fourth-order valence-electron chi connectivity index (χ4n) is 4.50. The molecule has 0 spiro atoms. The molecule has 4 rings (SSSR count). The van der Waals surface area contributed by atoms with Gasteiger partial charge in [0.1, 0.15) is 12.3 Å². The van der Waals surface area contributed by atoms with Gasteiger partial charge in [0.2, 0.25) is 0 Å². The van der Waals surface area contributed by atoms with E-state index in [1.165, 1.54) is 4.57 Å². The smallest absolute Gasteiger partial charge is 0.406 e. The lowest BCUT2D eigenvalue weighted by atomic mass is 9.78. The van der Waals surface area contributed by atoms with Crippen LogP contribution in [0.1, 0.15) is 25.0 Å². The number of rotatable bonds is 7. The minimum Gasteiger partial charge on any atom is -0.495 e. The molecule has 2 radical (unpaired) electrons. The number of hydrogen-bond donors (Lipinski definition) is 2. The normalized spacial score (nSPS) is 19.5. The Morgan fingerprint density at radius 2 is 2.14 bits per heavy atom. The van der Waals surface area contributed by atoms with Gasteiger partial charge in [0.05, 0.1) is 32.9 Å². The Balaban J connectivity index is 1.62. The van der Waals surface area contributed by atoms with Crippen molar-refractivity contribution in [2.45, 2.75) is 48.7 Å². The van der Waals surface area contributed by atoms with Crippen molar-refractivity contribution < 1.29 is 22.6 Å². The summed E-state index contributed by atoms with van der Waals surface area (Å²) >= 11 is 1.61. The van der Waals surface area contributed by atoms with Crippen molar-refractivity contribution in [3.63, 3.8) is 0 Å². The van der Waals surface area contributed by atoms with E-state index in [0.717, 1.165) is 27.9 Å². The zero-order valence-corrected chi connectivity index (χ0v) is 21.2. The molecule has 1 aliphatic heterocycles. The lowest BCUT2D eigenvalue weighted by Gasteiger charge is -2.32. The minimum absolute atomic E-state index is 0.0249. The van der Waals surface area contributed by atoms with Crippen LogP contribution in [0.15, 0.2) is 29.2 Å². The van der Waals surface area contributed by atoms with Crippen molar-refractivity contribution in [2.75, 3.05) is 38.4 Å². The Labute approximate surface area is 214 Å². The largest absolute Gasteiger partial charge is 0.495 e. The molecule has 2 atom stereocenters. The predicted octanol–water partition coefficient (Wildman–Crippen LogP) is 3.26. The first-order valence-electron chi connectivity index (χ1n) is 11.8. The zero-order chi connectivity index (χ0) is 25.7. The molecule has 190 valence electrons. The highest BCUT2D eigenvalue weighted by Gasteiger charge is 2.30. The Bertz CT molecular complexity index is 1270. The summed E-state index contributed by atoms with van der Waals surface area (Å²) in [7, 11) is 7.79. The fraction of sp³-hybridized carbons (Fsp3) is 0.462. The first-order chi connectivity index (χ1) is 17.3. The monoisotopic (exact) mass is 515 g/mol. The third-order valence-corrected chi connectivity index (χ3v) is 7.01. The quantitative estimate of drug-likeness (QED) is 0.337. The molecule has 1 fully saturated rings. The lowest BCUT2D eigenvalue weighted by molar-refractivity contribution is -0.141. The lowest BCUT2D eigenvalue weighted by Crippen LogP contribution is -2.44. The molecule has 10 heteroatoms. The highest BCUT2D eigenvalue weighted by atomic mass is 32.2. The van der Waals surface area contributed by atoms with Gasteiger partial charge in [-0.15, -0.1) is 11.8 Å². The predicted molar refractivity (Wildman–Crippen MR) is 139 cm³/mol. The van der Waals surface area contributed by atoms with Gasteiger partial charge in [-0.25, -0.2) is 0 Å². The number of methoxy groups -OCH3 is 1. The minimum atomic E-state index is -4.37. The van der Waals surface area contributed by atoms with E-state index >= 15 is 0 Å². The molecule has 2 aromatic rings. The summed E-state index contributed by atoms with van der Waals surface area (Å²) in [6.07, 6.45) is 1.60. The average molecular weight is 515 g/mol. The van der Waals surface area contributed by atoms with Crippen LogP contribution < -0.4 is 25.9 Å². The number of aromatic nitrogens is 1. The van der Waals surface area contributed by atoms with E-state index in [0.29, 0.717) is 42.8 Å². The molecule has 2 N–H and O–H groups in total. The second-order valence-electron chi connectivity index (χ2n) is 8.75. The third kappa shape index (κ3) is 6.37. The number of halogens is 3. The van der Waals surface area contributed by atoms with Crippen molar-refractivity contribution in [3.05, 3.63) is 40.5 Å². The highest BCUT2D eigenvalue weighted by molar-refractivity contribution is 7.98. The van der Waals surface area contributed by atoms with Crippen LogP contribution in [0.3, 0.4) is 0 Å². The molecule has 0 bridgehead atoms. The molecule has 2 unspecified atom stereocenters. The standard InChI is InChI=1S/C26H29BF3N3O2S/c1-34-25-14-18(36-2)8-9-23(25)31-11-4-5-17-13-19-21(32-22-10-12-35-15-20(22)27)6-3-7-24(19)33(17)16-26(28,29)30/h7-9,13-14,20,22,31-32H,3,6,10-12,15-16H2,1-2H3. The van der Waals surface area contributed by atoms with E-state index < -0.39 is 12.7 Å². The summed E-state index contributed by atoms with van der Waals surface area (Å²) in [5, 5.41) is 8.00. The molecule has 2 heterocycles. The van der Waals surface area contributed by atoms with Gasteiger partial charge >= 0.3 is 6.18 Å². The topological polar surface area (TPSA) is 47.4 Å². The third-order valence-electron chi connectivity index (χ3n) is 6.29. The summed E-state index contributed by atoms with van der Waals surface area (Å²) < 4.78 is 52.6. The van der Waals surface area contributed by atoms with Gasteiger partial charge in [-0.05, 0) is 61.5 Å². The van der Waals surface area contributed by atoms with E-state index in [1.807, 2.05) is 30.5 Å². The highest BCUT2D eigenvalue weighted by Crippen LogP contribution is 2.29. The first-order valence-corrected chi connectivity index (χ1v) is 13.1. The number of anilines is 1. The van der Waals surface area contributed by atoms with Gasteiger partial charge in [0, 0.05) is 40.4 Å². The van der Waals surface area contributed by atoms with E-state index in [2.05, 4.69) is 22.5 Å². The molecule has 36 heavy (non-hydrogen) atoms. The second-order valence-corrected chi connectivity index (χ2v) is 9.63. The van der Waals surface area contributed by atoms with Crippen molar-refractivity contribution in [2.24, 2.45) is 0 Å². The van der Waals surface area contributed by atoms with Gasteiger partial charge in [0.25, 0.3) is 0 Å². The molecular formula is C26H29BF3N3O2S. The Hall–Kier alpha value is -2.64. The molecule has 0 amide bonds. The van der Waals surface area contributed by atoms with Gasteiger partial charge < -0.3 is 24.7 Å². The number of thioether (sulfide) groups is 1. The molecule has 1 aromatic heterocycles. The summed E-state index contributed by atoms with van der Waals surface area (Å²) in [5.41, 5.74) is 2.02. The van der Waals surface area contributed by atoms with Gasteiger partial charge in [-0.1, -0.05) is 12.0 Å². The maximum Gasteiger partial charge on any atom is 0.406 e. The molecule has 1 aromatic carbocycles. The maximum absolute atomic E-state index is 13.5. The first kappa shape index (κ1) is 26.4. The Kier molecular flexibility index (Phi) is 8.52. The van der Waals surface area contributed by atoms with Crippen LogP contribution in [0.5, 0.6) is 5.75 Å². The van der Waals surface area contributed by atoms with Crippen LogP contribution >= 0.6 is 11.8 Å². The molecule has 1 saturated heterocycles. The van der Waals surface area contributed by atoms with Gasteiger partial charge in [0.15, 0.2) is 0 Å². The van der Waals surface area contributed by atoms with E-state index in [9.17, 15) is 13.2 Å². The van der Waals surface area contributed by atoms with Crippen molar-refractivity contribution in [1.29, 1.82) is 0 Å². The van der Waals surface area contributed by atoms with Crippen molar-refractivity contribution in [1.82, 2.24) is 9.88 Å². The number of hydrogen-bond acceptors (Lipinski definition) is 5. The van der Waals surface area contributed by atoms with Crippen LogP contribution in [0.25, 0.3) is 11.8 Å². The van der Waals surface area contributed by atoms with E-state index in [-0.39, 0.29) is 18.4 Å². The van der Waals surface area contributed by atoms with Crippen molar-refractivity contribution >= 4 is 37.1 Å². The molecule has 5 nitrogen and oxygen atoms in total.